The maximum atomic E-state index is 4.43. The number of aryl methyl sites for hydroxylation is 3. The van der Waals surface area contributed by atoms with Crippen molar-refractivity contribution in [3.05, 3.63) is 52.8 Å². The quantitative estimate of drug-likeness (QED) is 0.799. The van der Waals surface area contributed by atoms with Gasteiger partial charge in [-0.05, 0) is 37.5 Å². The van der Waals surface area contributed by atoms with Crippen LogP contribution in [0.1, 0.15) is 29.4 Å². The van der Waals surface area contributed by atoms with Crippen molar-refractivity contribution in [1.82, 2.24) is 19.6 Å². The minimum absolute atomic E-state index is 0.607. The zero-order valence-electron chi connectivity index (χ0n) is 12.6. The van der Waals surface area contributed by atoms with Crippen LogP contribution in [0.15, 0.2) is 30.3 Å². The second-order valence-corrected chi connectivity index (χ2v) is 5.21. The second kappa shape index (κ2) is 5.52. The molecule has 5 nitrogen and oxygen atoms in total. The van der Waals surface area contributed by atoms with Crippen LogP contribution < -0.4 is 5.32 Å². The van der Waals surface area contributed by atoms with Crippen molar-refractivity contribution in [2.24, 2.45) is 0 Å². The molecule has 5 heteroatoms. The van der Waals surface area contributed by atoms with E-state index in [1.807, 2.05) is 19.9 Å². The third-order valence-electron chi connectivity index (χ3n) is 3.50. The van der Waals surface area contributed by atoms with Crippen molar-refractivity contribution >= 4 is 11.7 Å². The molecule has 1 aromatic carbocycles. The van der Waals surface area contributed by atoms with E-state index >= 15 is 0 Å². The van der Waals surface area contributed by atoms with Crippen molar-refractivity contribution in [2.75, 3.05) is 5.32 Å². The highest BCUT2D eigenvalue weighted by molar-refractivity contribution is 5.39. The zero-order valence-corrected chi connectivity index (χ0v) is 12.6. The highest BCUT2D eigenvalue weighted by atomic mass is 15.4. The Morgan fingerprint density at radius 3 is 2.48 bits per heavy atom. The van der Waals surface area contributed by atoms with Gasteiger partial charge in [-0.3, -0.25) is 0 Å². The van der Waals surface area contributed by atoms with Crippen LogP contribution >= 0.6 is 0 Å². The molecular weight excluding hydrogens is 262 g/mol. The molecule has 0 aliphatic rings. The van der Waals surface area contributed by atoms with Crippen molar-refractivity contribution in [3.8, 4) is 0 Å². The first kappa shape index (κ1) is 13.5. The fraction of sp³-hybridized carbons (Fsp3) is 0.312. The first-order chi connectivity index (χ1) is 10.2. The Morgan fingerprint density at radius 1 is 1.05 bits per heavy atom. The fourth-order valence-electron chi connectivity index (χ4n) is 2.32. The van der Waals surface area contributed by atoms with Gasteiger partial charge in [0.15, 0.2) is 0 Å². The summed E-state index contributed by atoms with van der Waals surface area (Å²) in [5, 5.41) is 7.69. The van der Waals surface area contributed by atoms with E-state index in [0.29, 0.717) is 18.3 Å². The smallest absolute Gasteiger partial charge is 0.254 e. The molecule has 0 atom stereocenters. The van der Waals surface area contributed by atoms with Gasteiger partial charge in [-0.25, -0.2) is 4.98 Å². The van der Waals surface area contributed by atoms with Crippen LogP contribution in [-0.2, 0) is 13.0 Å². The Hall–Kier alpha value is -2.43. The van der Waals surface area contributed by atoms with Gasteiger partial charge in [0.2, 0.25) is 5.95 Å². The van der Waals surface area contributed by atoms with Crippen LogP contribution in [-0.4, -0.2) is 19.6 Å². The molecule has 0 saturated heterocycles. The predicted octanol–water partition coefficient (Wildman–Crippen LogP) is 2.92. The molecule has 21 heavy (non-hydrogen) atoms. The Kier molecular flexibility index (Phi) is 3.56. The molecule has 2 aromatic heterocycles. The molecule has 0 amide bonds. The lowest BCUT2D eigenvalue weighted by atomic mass is 10.1. The number of anilines is 1. The molecule has 0 aliphatic heterocycles. The first-order valence-electron chi connectivity index (χ1n) is 7.18. The van der Waals surface area contributed by atoms with Crippen LogP contribution in [0.5, 0.6) is 0 Å². The summed E-state index contributed by atoms with van der Waals surface area (Å²) in [5.41, 5.74) is 4.55. The highest BCUT2D eigenvalue weighted by Gasteiger charge is 2.07. The second-order valence-electron chi connectivity index (χ2n) is 5.21. The fourth-order valence-corrected chi connectivity index (χ4v) is 2.32. The molecule has 0 radical (unpaired) electrons. The average Bonchev–Trinajstić information content (AvgIpc) is 2.89. The topological polar surface area (TPSA) is 55.1 Å². The van der Waals surface area contributed by atoms with Gasteiger partial charge >= 0.3 is 0 Å². The predicted molar refractivity (Wildman–Crippen MR) is 83.4 cm³/mol. The lowest BCUT2D eigenvalue weighted by molar-refractivity contribution is 0.882. The van der Waals surface area contributed by atoms with Gasteiger partial charge < -0.3 is 5.32 Å². The lowest BCUT2D eigenvalue weighted by Gasteiger charge is -2.03. The molecule has 3 aromatic rings. The van der Waals surface area contributed by atoms with Crippen LogP contribution in [0.4, 0.5) is 5.95 Å². The number of hydrogen-bond donors (Lipinski definition) is 1. The minimum Gasteiger partial charge on any atom is -0.349 e. The maximum absolute atomic E-state index is 4.43. The summed E-state index contributed by atoms with van der Waals surface area (Å²) < 4.78 is 1.76. The van der Waals surface area contributed by atoms with E-state index in [1.54, 1.807) is 4.52 Å². The molecule has 0 fully saturated rings. The molecule has 1 N–H and O–H groups in total. The van der Waals surface area contributed by atoms with E-state index in [9.17, 15) is 0 Å². The van der Waals surface area contributed by atoms with E-state index in [2.05, 4.69) is 51.6 Å². The lowest BCUT2D eigenvalue weighted by Crippen LogP contribution is -2.01. The maximum Gasteiger partial charge on any atom is 0.254 e. The molecule has 3 rings (SSSR count). The molecule has 0 unspecified atom stereocenters. The number of hydrogen-bond acceptors (Lipinski definition) is 4. The van der Waals surface area contributed by atoms with E-state index in [-0.39, 0.29) is 0 Å². The summed E-state index contributed by atoms with van der Waals surface area (Å²) in [6.07, 6.45) is 1.06. The van der Waals surface area contributed by atoms with Crippen molar-refractivity contribution in [3.63, 3.8) is 0 Å². The number of rotatable bonds is 4. The number of aromatic nitrogens is 4. The van der Waals surface area contributed by atoms with Crippen LogP contribution in [0, 0.1) is 13.8 Å². The molecule has 0 spiro atoms. The van der Waals surface area contributed by atoms with E-state index in [1.165, 1.54) is 11.1 Å². The summed E-state index contributed by atoms with van der Waals surface area (Å²) in [5.74, 6) is 1.24. The average molecular weight is 281 g/mol. The molecule has 108 valence electrons. The van der Waals surface area contributed by atoms with Gasteiger partial charge in [0.05, 0.1) is 0 Å². The monoisotopic (exact) mass is 281 g/mol. The van der Waals surface area contributed by atoms with Crippen molar-refractivity contribution < 1.29 is 0 Å². The van der Waals surface area contributed by atoms with Gasteiger partial charge in [0.1, 0.15) is 0 Å². The number of nitrogens with one attached hydrogen (secondary N) is 1. The Morgan fingerprint density at radius 2 is 1.76 bits per heavy atom. The number of fused-ring (bicyclic) bond motifs is 1. The molecule has 0 bridgehead atoms. The summed E-state index contributed by atoms with van der Waals surface area (Å²) in [4.78, 5) is 8.80. The van der Waals surface area contributed by atoms with Gasteiger partial charge in [-0.15, -0.1) is 5.10 Å². The standard InChI is InChI=1S/C16H19N5/c1-4-13-5-7-14(8-6-13)10-17-15-19-16-18-11(2)9-12(3)21(16)20-15/h5-9H,4,10H2,1-3H3,(H,17,20). The van der Waals surface area contributed by atoms with Crippen molar-refractivity contribution in [2.45, 2.75) is 33.7 Å². The summed E-state index contributed by atoms with van der Waals surface area (Å²) in [6, 6.07) is 10.6. The van der Waals surface area contributed by atoms with Gasteiger partial charge in [0, 0.05) is 17.9 Å². The molecular formula is C16H19N5. The number of benzene rings is 1. The Bertz CT molecular complexity index is 758. The largest absolute Gasteiger partial charge is 0.349 e. The molecule has 2 heterocycles. The third-order valence-corrected chi connectivity index (χ3v) is 3.50. The van der Waals surface area contributed by atoms with Crippen LogP contribution in [0.2, 0.25) is 0 Å². The summed E-state index contributed by atoms with van der Waals surface area (Å²) in [7, 11) is 0. The molecule has 0 aliphatic carbocycles. The normalized spacial score (nSPS) is 11.0. The first-order valence-corrected chi connectivity index (χ1v) is 7.18. The minimum atomic E-state index is 0.607. The third kappa shape index (κ3) is 2.86. The van der Waals surface area contributed by atoms with E-state index < -0.39 is 0 Å². The van der Waals surface area contributed by atoms with Crippen LogP contribution in [0.25, 0.3) is 5.78 Å². The van der Waals surface area contributed by atoms with Gasteiger partial charge in [0.25, 0.3) is 5.78 Å². The SMILES string of the molecule is CCc1ccc(CNc2nc3nc(C)cc(C)n3n2)cc1. The summed E-state index contributed by atoms with van der Waals surface area (Å²) in [6.45, 7) is 6.83. The summed E-state index contributed by atoms with van der Waals surface area (Å²) >= 11 is 0. The van der Waals surface area contributed by atoms with Crippen molar-refractivity contribution in [1.29, 1.82) is 0 Å². The number of nitrogens with zero attached hydrogens (tertiary/aromatic N) is 4. The zero-order chi connectivity index (χ0) is 14.8. The van der Waals surface area contributed by atoms with Crippen LogP contribution in [0.3, 0.4) is 0 Å². The highest BCUT2D eigenvalue weighted by Crippen LogP contribution is 2.10. The van der Waals surface area contributed by atoms with Gasteiger partial charge in [-0.1, -0.05) is 31.2 Å². The Balaban J connectivity index is 1.77. The van der Waals surface area contributed by atoms with Gasteiger partial charge in [-0.2, -0.15) is 9.50 Å². The molecule has 0 saturated carbocycles. The Labute approximate surface area is 124 Å². The van der Waals surface area contributed by atoms with E-state index in [0.717, 1.165) is 17.8 Å². The van der Waals surface area contributed by atoms with E-state index in [4.69, 9.17) is 0 Å².